The third-order valence-electron chi connectivity index (χ3n) is 1.97. The van der Waals surface area contributed by atoms with Crippen LogP contribution >= 0.6 is 22.6 Å². The summed E-state index contributed by atoms with van der Waals surface area (Å²) in [4.78, 5) is 10.6. The second-order valence-electron chi connectivity index (χ2n) is 3.08. The minimum Gasteiger partial charge on any atom is -0.478 e. The Morgan fingerprint density at radius 2 is 2.15 bits per heavy atom. The summed E-state index contributed by atoms with van der Waals surface area (Å²) in [5.74, 6) is -1.04. The summed E-state index contributed by atoms with van der Waals surface area (Å²) in [6.45, 7) is 3.87. The van der Waals surface area contributed by atoms with E-state index in [1.807, 2.05) is 36.4 Å². The molecule has 0 fully saturated rings. The predicted molar refractivity (Wildman–Crippen MR) is 59.8 cm³/mol. The highest BCUT2D eigenvalue weighted by Gasteiger charge is 2.22. The monoisotopic (exact) mass is 298 g/mol. The third kappa shape index (κ3) is 4.08. The molecule has 0 aliphatic rings. The Hall–Kier alpha value is -0.100. The van der Waals surface area contributed by atoms with Crippen LogP contribution in [0, 0.1) is 5.92 Å². The zero-order valence-corrected chi connectivity index (χ0v) is 9.98. The van der Waals surface area contributed by atoms with Gasteiger partial charge < -0.3 is 10.2 Å². The smallest absolute Gasteiger partial charge is 0.334 e. The van der Waals surface area contributed by atoms with Crippen molar-refractivity contribution in [3.05, 3.63) is 9.66 Å². The van der Waals surface area contributed by atoms with E-state index in [2.05, 4.69) is 0 Å². The third-order valence-corrected chi connectivity index (χ3v) is 2.64. The van der Waals surface area contributed by atoms with Crippen molar-refractivity contribution in [1.82, 2.24) is 0 Å². The van der Waals surface area contributed by atoms with E-state index in [1.165, 1.54) is 4.08 Å². The fourth-order valence-electron chi connectivity index (χ4n) is 1.16. The zero-order chi connectivity index (χ0) is 10.4. The molecular weight excluding hydrogens is 283 g/mol. The molecule has 4 heteroatoms. The number of aliphatic hydroxyl groups excluding tert-OH is 1. The Labute approximate surface area is 92.0 Å². The highest BCUT2D eigenvalue weighted by atomic mass is 127. The van der Waals surface area contributed by atoms with Crippen molar-refractivity contribution in [2.75, 3.05) is 0 Å². The van der Waals surface area contributed by atoms with Crippen LogP contribution < -0.4 is 0 Å². The molecule has 13 heavy (non-hydrogen) atoms. The van der Waals surface area contributed by atoms with Crippen molar-refractivity contribution in [2.45, 2.75) is 32.8 Å². The first-order valence-electron chi connectivity index (χ1n) is 4.26. The Morgan fingerprint density at radius 3 is 2.46 bits per heavy atom. The van der Waals surface area contributed by atoms with Crippen LogP contribution in [0.1, 0.15) is 26.7 Å². The molecule has 0 saturated heterocycles. The van der Waals surface area contributed by atoms with E-state index < -0.39 is 12.1 Å². The summed E-state index contributed by atoms with van der Waals surface area (Å²) in [7, 11) is 0. The molecular formula is C9H15IO3. The maximum Gasteiger partial charge on any atom is 0.334 e. The summed E-state index contributed by atoms with van der Waals surface area (Å²) in [5.41, 5.74) is 0.0848. The second kappa shape index (κ2) is 6.37. The van der Waals surface area contributed by atoms with E-state index >= 15 is 0 Å². The van der Waals surface area contributed by atoms with Gasteiger partial charge >= 0.3 is 5.97 Å². The standard InChI is InChI=1S/C9H15IO3/c1-3-4-6(2)8(11)7(5-10)9(12)13/h5-6,8,11H,3-4H2,1-2H3,(H,12,13)/b7-5+. The van der Waals surface area contributed by atoms with Crippen molar-refractivity contribution in [2.24, 2.45) is 5.92 Å². The van der Waals surface area contributed by atoms with Gasteiger partial charge in [0.2, 0.25) is 0 Å². The summed E-state index contributed by atoms with van der Waals surface area (Å²) in [6.07, 6.45) is 0.934. The SMILES string of the molecule is CCCC(C)C(O)/C(=C\I)C(=O)O. The lowest BCUT2D eigenvalue weighted by Gasteiger charge is -2.18. The molecule has 0 amide bonds. The van der Waals surface area contributed by atoms with Gasteiger partial charge in [0, 0.05) is 0 Å². The number of aliphatic hydroxyl groups is 1. The lowest BCUT2D eigenvalue weighted by Crippen LogP contribution is -2.24. The number of aliphatic carboxylic acids is 1. The molecule has 76 valence electrons. The van der Waals surface area contributed by atoms with Crippen LogP contribution in [0.4, 0.5) is 0 Å². The Kier molecular flexibility index (Phi) is 6.32. The molecule has 0 aliphatic heterocycles. The van der Waals surface area contributed by atoms with E-state index in [0.717, 1.165) is 12.8 Å². The summed E-state index contributed by atoms with van der Waals surface area (Å²) >= 11 is 1.84. The number of carbonyl (C=O) groups is 1. The molecule has 0 aliphatic carbocycles. The average Bonchev–Trinajstić information content (AvgIpc) is 2.05. The number of hydrogen-bond acceptors (Lipinski definition) is 2. The quantitative estimate of drug-likeness (QED) is 0.604. The number of carboxylic acid groups (broad SMARTS) is 1. The summed E-state index contributed by atoms with van der Waals surface area (Å²) in [5, 5.41) is 18.4. The van der Waals surface area contributed by atoms with Gasteiger partial charge in [-0.1, -0.05) is 42.9 Å². The van der Waals surface area contributed by atoms with Crippen LogP contribution in [0.5, 0.6) is 0 Å². The molecule has 0 rings (SSSR count). The van der Waals surface area contributed by atoms with Crippen molar-refractivity contribution < 1.29 is 15.0 Å². The molecule has 0 heterocycles. The molecule has 3 nitrogen and oxygen atoms in total. The topological polar surface area (TPSA) is 57.5 Å². The Morgan fingerprint density at radius 1 is 1.62 bits per heavy atom. The van der Waals surface area contributed by atoms with E-state index in [0.29, 0.717) is 0 Å². The molecule has 2 atom stereocenters. The maximum absolute atomic E-state index is 10.6. The summed E-state index contributed by atoms with van der Waals surface area (Å²) < 4.78 is 1.43. The highest BCUT2D eigenvalue weighted by molar-refractivity contribution is 14.1. The lowest BCUT2D eigenvalue weighted by molar-refractivity contribution is -0.134. The van der Waals surface area contributed by atoms with Crippen molar-refractivity contribution in [3.8, 4) is 0 Å². The van der Waals surface area contributed by atoms with Gasteiger partial charge in [0.1, 0.15) is 0 Å². The molecule has 0 spiro atoms. The Balaban J connectivity index is 4.38. The minimum atomic E-state index is -1.04. The van der Waals surface area contributed by atoms with Gasteiger partial charge in [-0.05, 0) is 16.4 Å². The first kappa shape index (κ1) is 12.9. The molecule has 0 bridgehead atoms. The van der Waals surface area contributed by atoms with Crippen LogP contribution in [-0.2, 0) is 4.79 Å². The molecule has 2 unspecified atom stereocenters. The zero-order valence-electron chi connectivity index (χ0n) is 7.83. The normalized spacial score (nSPS) is 16.8. The maximum atomic E-state index is 10.6. The largest absolute Gasteiger partial charge is 0.478 e. The number of hydrogen-bond donors (Lipinski definition) is 2. The van der Waals surface area contributed by atoms with Crippen molar-refractivity contribution in [1.29, 1.82) is 0 Å². The van der Waals surface area contributed by atoms with Crippen molar-refractivity contribution in [3.63, 3.8) is 0 Å². The Bertz CT molecular complexity index is 201. The van der Waals surface area contributed by atoms with Crippen LogP contribution in [0.2, 0.25) is 0 Å². The number of rotatable bonds is 5. The molecule has 0 aromatic rings. The predicted octanol–water partition coefficient (Wildman–Crippen LogP) is 2.19. The van der Waals surface area contributed by atoms with Crippen LogP contribution in [-0.4, -0.2) is 22.3 Å². The van der Waals surface area contributed by atoms with Gasteiger partial charge in [0.15, 0.2) is 0 Å². The van der Waals surface area contributed by atoms with Gasteiger partial charge in [0.05, 0.1) is 11.7 Å². The van der Waals surface area contributed by atoms with E-state index in [9.17, 15) is 9.90 Å². The van der Waals surface area contributed by atoms with Gasteiger partial charge in [-0.25, -0.2) is 4.79 Å². The van der Waals surface area contributed by atoms with Crippen molar-refractivity contribution >= 4 is 28.6 Å². The first-order valence-corrected chi connectivity index (χ1v) is 5.50. The molecule has 2 N–H and O–H groups in total. The van der Waals surface area contributed by atoms with Gasteiger partial charge in [-0.2, -0.15) is 0 Å². The molecule has 0 aromatic heterocycles. The first-order chi connectivity index (χ1) is 6.04. The number of halogens is 1. The van der Waals surface area contributed by atoms with E-state index in [1.54, 1.807) is 0 Å². The molecule has 0 saturated carbocycles. The minimum absolute atomic E-state index is 0.00196. The van der Waals surface area contributed by atoms with Crippen LogP contribution in [0.25, 0.3) is 0 Å². The average molecular weight is 298 g/mol. The lowest BCUT2D eigenvalue weighted by atomic mass is 9.94. The molecule has 0 radical (unpaired) electrons. The fraction of sp³-hybridized carbons (Fsp3) is 0.667. The van der Waals surface area contributed by atoms with Gasteiger partial charge in [0.25, 0.3) is 0 Å². The van der Waals surface area contributed by atoms with Crippen LogP contribution in [0.15, 0.2) is 9.66 Å². The second-order valence-corrected chi connectivity index (χ2v) is 3.70. The number of carboxylic acids is 1. The van der Waals surface area contributed by atoms with Crippen LogP contribution in [0.3, 0.4) is 0 Å². The highest BCUT2D eigenvalue weighted by Crippen LogP contribution is 2.18. The van der Waals surface area contributed by atoms with Gasteiger partial charge in [-0.15, -0.1) is 0 Å². The molecule has 0 aromatic carbocycles. The van der Waals surface area contributed by atoms with Gasteiger partial charge in [-0.3, -0.25) is 0 Å². The fourth-order valence-corrected chi connectivity index (χ4v) is 1.79. The summed E-state index contributed by atoms with van der Waals surface area (Å²) in [6, 6.07) is 0. The van der Waals surface area contributed by atoms with E-state index in [4.69, 9.17) is 5.11 Å². The van der Waals surface area contributed by atoms with E-state index in [-0.39, 0.29) is 11.5 Å².